The van der Waals surface area contributed by atoms with E-state index in [0.717, 1.165) is 82.8 Å². The molecule has 10 rings (SSSR count). The molecule has 0 saturated carbocycles. The quantitative estimate of drug-likeness (QED) is 0.167. The van der Waals surface area contributed by atoms with Crippen molar-refractivity contribution in [3.05, 3.63) is 188 Å². The first-order valence-corrected chi connectivity index (χ1v) is 18.2. The van der Waals surface area contributed by atoms with E-state index in [0.29, 0.717) is 0 Å². The third-order valence-corrected chi connectivity index (χ3v) is 10.6. The molecule has 0 fully saturated rings. The Bertz CT molecular complexity index is 2810. The van der Waals surface area contributed by atoms with Gasteiger partial charge in [-0.25, -0.2) is 4.98 Å². The van der Waals surface area contributed by atoms with Crippen LogP contribution in [-0.2, 0) is 0 Å². The Labute approximate surface area is 305 Å². The number of hydrogen-bond acceptors (Lipinski definition) is 5. The van der Waals surface area contributed by atoms with E-state index in [1.54, 1.807) is 11.3 Å². The molecule has 8 aromatic carbocycles. The maximum Gasteiger partial charge on any atom is 0.137 e. The van der Waals surface area contributed by atoms with E-state index in [9.17, 15) is 0 Å². The van der Waals surface area contributed by atoms with Gasteiger partial charge in [-0.05, 0) is 101 Å². The lowest BCUT2D eigenvalue weighted by Gasteiger charge is -2.26. The summed E-state index contributed by atoms with van der Waals surface area (Å²) in [5, 5.41) is 4.51. The third kappa shape index (κ3) is 5.10. The maximum absolute atomic E-state index is 6.75. The van der Waals surface area contributed by atoms with Crippen LogP contribution >= 0.6 is 11.3 Å². The molecule has 52 heavy (non-hydrogen) atoms. The normalized spacial score (nSPS) is 11.5. The van der Waals surface area contributed by atoms with Gasteiger partial charge in [0.05, 0.1) is 26.8 Å². The molecule has 0 aliphatic rings. The third-order valence-electron chi connectivity index (χ3n) is 9.76. The van der Waals surface area contributed by atoms with Gasteiger partial charge in [0.15, 0.2) is 0 Å². The molecular weight excluding hydrogens is 655 g/mol. The van der Waals surface area contributed by atoms with Gasteiger partial charge in [0, 0.05) is 39.4 Å². The van der Waals surface area contributed by atoms with Gasteiger partial charge < -0.3 is 14.2 Å². The Kier molecular flexibility index (Phi) is 7.29. The van der Waals surface area contributed by atoms with Gasteiger partial charge in [0.25, 0.3) is 0 Å². The van der Waals surface area contributed by atoms with Crippen LogP contribution in [0.5, 0.6) is 0 Å². The predicted octanol–water partition coefficient (Wildman–Crippen LogP) is 14.0. The number of fused-ring (bicyclic) bond motifs is 5. The van der Waals surface area contributed by atoms with Crippen LogP contribution in [0.1, 0.15) is 0 Å². The minimum Gasteiger partial charge on any atom is -0.456 e. The molecule has 5 heteroatoms. The first-order chi connectivity index (χ1) is 25.8. The fraction of sp³-hybridized carbons (Fsp3) is 0. The molecule has 4 nitrogen and oxygen atoms in total. The Balaban J connectivity index is 1.20. The number of furan rings is 1. The van der Waals surface area contributed by atoms with E-state index in [1.165, 1.54) is 5.39 Å². The van der Waals surface area contributed by atoms with Crippen molar-refractivity contribution in [3.63, 3.8) is 0 Å². The van der Waals surface area contributed by atoms with Crippen molar-refractivity contribution in [2.75, 3.05) is 9.80 Å². The first kappa shape index (κ1) is 30.2. The van der Waals surface area contributed by atoms with Crippen molar-refractivity contribution in [2.24, 2.45) is 0 Å². The lowest BCUT2D eigenvalue weighted by Crippen LogP contribution is -2.10. The van der Waals surface area contributed by atoms with Gasteiger partial charge >= 0.3 is 0 Å². The Morgan fingerprint density at radius 1 is 0.462 bits per heavy atom. The molecular formula is C47H31N3OS. The van der Waals surface area contributed by atoms with Crippen molar-refractivity contribution < 1.29 is 4.42 Å². The highest BCUT2D eigenvalue weighted by atomic mass is 32.1. The molecule has 0 atom stereocenters. The minimum atomic E-state index is 0.853. The SMILES string of the molecule is c1ccc(N(c2ccc(-c3c4ccccc4cc4oc5cccc(N(c6ccccc6)c6ccccc6)c5c34)cc2)c2ccc3ncsc3c2)cc1. The van der Waals surface area contributed by atoms with Crippen LogP contribution in [0.3, 0.4) is 0 Å². The summed E-state index contributed by atoms with van der Waals surface area (Å²) in [6.45, 7) is 0. The highest BCUT2D eigenvalue weighted by Crippen LogP contribution is 2.48. The molecule has 0 amide bonds. The summed E-state index contributed by atoms with van der Waals surface area (Å²) in [6, 6.07) is 64.3. The monoisotopic (exact) mass is 685 g/mol. The van der Waals surface area contributed by atoms with Crippen LogP contribution in [0.25, 0.3) is 54.1 Å². The van der Waals surface area contributed by atoms with Crippen LogP contribution in [-0.4, -0.2) is 4.98 Å². The summed E-state index contributed by atoms with van der Waals surface area (Å²) < 4.78 is 7.92. The van der Waals surface area contributed by atoms with Crippen LogP contribution in [0, 0.1) is 0 Å². The molecule has 246 valence electrons. The van der Waals surface area contributed by atoms with Crippen LogP contribution in [0.2, 0.25) is 0 Å². The Morgan fingerprint density at radius 3 is 1.79 bits per heavy atom. The van der Waals surface area contributed by atoms with Gasteiger partial charge in [-0.2, -0.15) is 0 Å². The molecule has 0 N–H and O–H groups in total. The van der Waals surface area contributed by atoms with Gasteiger partial charge in [-0.3, -0.25) is 0 Å². The fourth-order valence-corrected chi connectivity index (χ4v) is 8.19. The van der Waals surface area contributed by atoms with Gasteiger partial charge in [-0.1, -0.05) is 97.1 Å². The summed E-state index contributed by atoms with van der Waals surface area (Å²) >= 11 is 1.66. The second-order valence-corrected chi connectivity index (χ2v) is 13.7. The maximum atomic E-state index is 6.75. The molecule has 0 aliphatic carbocycles. The zero-order valence-corrected chi connectivity index (χ0v) is 28.9. The summed E-state index contributed by atoms with van der Waals surface area (Å²) in [4.78, 5) is 9.16. The number of anilines is 6. The number of rotatable bonds is 7. The number of para-hydroxylation sites is 3. The van der Waals surface area contributed by atoms with Crippen LogP contribution in [0.15, 0.2) is 192 Å². The Morgan fingerprint density at radius 2 is 1.08 bits per heavy atom. The van der Waals surface area contributed by atoms with E-state index in [-0.39, 0.29) is 0 Å². The zero-order valence-electron chi connectivity index (χ0n) is 28.1. The van der Waals surface area contributed by atoms with E-state index >= 15 is 0 Å². The molecule has 0 aliphatic heterocycles. The lowest BCUT2D eigenvalue weighted by molar-refractivity contribution is 0.669. The topological polar surface area (TPSA) is 32.5 Å². The smallest absolute Gasteiger partial charge is 0.137 e. The second-order valence-electron chi connectivity index (χ2n) is 12.8. The van der Waals surface area contributed by atoms with Gasteiger partial charge in [-0.15, -0.1) is 11.3 Å². The molecule has 2 heterocycles. The fourth-order valence-electron chi connectivity index (χ4n) is 7.48. The highest BCUT2D eigenvalue weighted by Gasteiger charge is 2.23. The predicted molar refractivity (Wildman–Crippen MR) is 219 cm³/mol. The van der Waals surface area contributed by atoms with Crippen molar-refractivity contribution in [1.82, 2.24) is 4.98 Å². The van der Waals surface area contributed by atoms with E-state index < -0.39 is 0 Å². The van der Waals surface area contributed by atoms with E-state index in [2.05, 4.69) is 197 Å². The molecule has 0 radical (unpaired) electrons. The van der Waals surface area contributed by atoms with Crippen molar-refractivity contribution in [3.8, 4) is 11.1 Å². The van der Waals surface area contributed by atoms with Crippen molar-refractivity contribution >= 4 is 88.4 Å². The molecule has 0 saturated heterocycles. The van der Waals surface area contributed by atoms with E-state index in [1.807, 2.05) is 5.51 Å². The van der Waals surface area contributed by atoms with Crippen LogP contribution in [0.4, 0.5) is 34.1 Å². The number of benzene rings is 8. The molecule has 2 aromatic heterocycles. The second kappa shape index (κ2) is 12.6. The van der Waals surface area contributed by atoms with Crippen molar-refractivity contribution in [2.45, 2.75) is 0 Å². The average molecular weight is 686 g/mol. The number of thiazole rings is 1. The first-order valence-electron chi connectivity index (χ1n) is 17.4. The van der Waals surface area contributed by atoms with Gasteiger partial charge in [0.1, 0.15) is 11.2 Å². The number of aromatic nitrogens is 1. The van der Waals surface area contributed by atoms with Crippen LogP contribution < -0.4 is 9.80 Å². The minimum absolute atomic E-state index is 0.853. The summed E-state index contributed by atoms with van der Waals surface area (Å²) in [7, 11) is 0. The van der Waals surface area contributed by atoms with E-state index in [4.69, 9.17) is 4.42 Å². The number of hydrogen-bond donors (Lipinski definition) is 0. The molecule has 0 bridgehead atoms. The molecule has 0 unspecified atom stereocenters. The largest absolute Gasteiger partial charge is 0.456 e. The highest BCUT2D eigenvalue weighted by molar-refractivity contribution is 7.16. The standard InChI is InChI=1S/C47H31N3OS/c1-4-14-34(15-5-1)49(38-27-28-40-44(30-38)52-31-48-40)37-25-23-32(24-26-37)45-39-20-11-10-13-33(39)29-43-47(45)46-41(21-12-22-42(46)51-43)50(35-16-6-2-7-17-35)36-18-8-3-9-19-36/h1-31H. The number of nitrogens with zero attached hydrogens (tertiary/aromatic N) is 3. The lowest BCUT2D eigenvalue weighted by atomic mass is 9.92. The summed E-state index contributed by atoms with van der Waals surface area (Å²) in [5.74, 6) is 0. The van der Waals surface area contributed by atoms with Crippen molar-refractivity contribution in [1.29, 1.82) is 0 Å². The molecule has 10 aromatic rings. The summed E-state index contributed by atoms with van der Waals surface area (Å²) in [5.41, 5.74) is 13.4. The molecule has 0 spiro atoms. The zero-order chi connectivity index (χ0) is 34.4. The Hall–Kier alpha value is -6.69. The van der Waals surface area contributed by atoms with Gasteiger partial charge in [0.2, 0.25) is 0 Å². The summed E-state index contributed by atoms with van der Waals surface area (Å²) in [6.07, 6.45) is 0. The average Bonchev–Trinajstić information content (AvgIpc) is 3.83.